The topological polar surface area (TPSA) is 78.9 Å². The molecule has 0 saturated carbocycles. The van der Waals surface area contributed by atoms with Crippen molar-refractivity contribution in [3.05, 3.63) is 12.2 Å². The summed E-state index contributed by atoms with van der Waals surface area (Å²) in [5, 5.41) is 0. The molecule has 6 heteroatoms. The fraction of sp³-hybridized carbons (Fsp3) is 0.545. The van der Waals surface area contributed by atoms with Gasteiger partial charge in [0.05, 0.1) is 13.5 Å². The lowest BCUT2D eigenvalue weighted by atomic mass is 9.65. The van der Waals surface area contributed by atoms with Crippen LogP contribution in [0.1, 0.15) is 6.42 Å². The summed E-state index contributed by atoms with van der Waals surface area (Å²) in [6.45, 7) is 0. The Morgan fingerprint density at radius 1 is 1.47 bits per heavy atom. The van der Waals surface area contributed by atoms with Crippen LogP contribution >= 0.6 is 0 Å². The van der Waals surface area contributed by atoms with Crippen LogP contribution < -0.4 is 0 Å². The molecule has 0 aromatic rings. The fourth-order valence-electron chi connectivity index (χ4n) is 2.79. The van der Waals surface area contributed by atoms with Gasteiger partial charge in [-0.15, -0.1) is 0 Å². The molecule has 2 fully saturated rings. The quantitative estimate of drug-likeness (QED) is 0.267. The van der Waals surface area contributed by atoms with Crippen LogP contribution in [0.3, 0.4) is 0 Å². The highest BCUT2D eigenvalue weighted by Crippen LogP contribution is 2.50. The van der Waals surface area contributed by atoms with Crippen LogP contribution in [-0.4, -0.2) is 37.2 Å². The molecule has 0 spiro atoms. The molecule has 4 aliphatic rings. The van der Waals surface area contributed by atoms with Gasteiger partial charge in [-0.25, -0.2) is 0 Å². The number of carbonyl (C=O) groups excluding carboxylic acids is 3. The van der Waals surface area contributed by atoms with E-state index in [1.807, 2.05) is 0 Å². The van der Waals surface area contributed by atoms with Crippen molar-refractivity contribution in [3.63, 3.8) is 0 Å². The van der Waals surface area contributed by atoms with Gasteiger partial charge >= 0.3 is 17.9 Å². The van der Waals surface area contributed by atoms with Gasteiger partial charge in [0.1, 0.15) is 6.10 Å². The Hall–Kier alpha value is -1.85. The van der Waals surface area contributed by atoms with Crippen molar-refractivity contribution < 1.29 is 28.6 Å². The standard InChI is InChI=1S/C11H10O6/c1-15-9(13)11-3-2-6(16-10(11)14)8-5(11)4-7(12)17-8/h2-3,5-6,8H,4H2,1H3/t5-,6+,8+,11-/m1/s1. The van der Waals surface area contributed by atoms with E-state index in [0.29, 0.717) is 0 Å². The molecule has 90 valence electrons. The minimum atomic E-state index is -1.51. The number of fused-ring (bicyclic) bond motifs is 1. The third-order valence-corrected chi connectivity index (χ3v) is 3.61. The molecule has 17 heavy (non-hydrogen) atoms. The summed E-state index contributed by atoms with van der Waals surface area (Å²) in [6.07, 6.45) is 1.96. The predicted molar refractivity (Wildman–Crippen MR) is 51.5 cm³/mol. The monoisotopic (exact) mass is 238 g/mol. The SMILES string of the molecule is COC(=O)[C@]12C=C[C@H](OC1=O)[C@H]1OC(=O)C[C@H]12. The Balaban J connectivity index is 2.12. The van der Waals surface area contributed by atoms with Crippen molar-refractivity contribution in [2.45, 2.75) is 18.6 Å². The number of hydrogen-bond donors (Lipinski definition) is 0. The summed E-state index contributed by atoms with van der Waals surface area (Å²) >= 11 is 0. The Bertz CT molecular complexity index is 453. The highest BCUT2D eigenvalue weighted by Gasteiger charge is 2.67. The first-order valence-electron chi connectivity index (χ1n) is 5.28. The molecule has 2 saturated heterocycles. The lowest BCUT2D eigenvalue weighted by Gasteiger charge is -2.44. The molecule has 0 amide bonds. The van der Waals surface area contributed by atoms with Crippen LogP contribution in [-0.2, 0) is 28.6 Å². The van der Waals surface area contributed by atoms with Gasteiger partial charge in [0.25, 0.3) is 0 Å². The van der Waals surface area contributed by atoms with Crippen molar-refractivity contribution in [1.82, 2.24) is 0 Å². The van der Waals surface area contributed by atoms with Crippen molar-refractivity contribution in [2.24, 2.45) is 11.3 Å². The smallest absolute Gasteiger partial charge is 0.328 e. The maximum Gasteiger partial charge on any atom is 0.328 e. The molecule has 6 nitrogen and oxygen atoms in total. The molecule has 0 aromatic heterocycles. The number of carbonyl (C=O) groups is 3. The van der Waals surface area contributed by atoms with E-state index >= 15 is 0 Å². The molecular formula is C11H10O6. The van der Waals surface area contributed by atoms with E-state index in [-0.39, 0.29) is 6.42 Å². The van der Waals surface area contributed by atoms with Gasteiger partial charge in [0.2, 0.25) is 0 Å². The molecule has 3 aliphatic heterocycles. The summed E-state index contributed by atoms with van der Waals surface area (Å²) in [5.41, 5.74) is -1.51. The zero-order valence-electron chi connectivity index (χ0n) is 9.04. The van der Waals surface area contributed by atoms with E-state index in [1.165, 1.54) is 13.2 Å². The second kappa shape index (κ2) is 3.09. The first kappa shape index (κ1) is 10.3. The van der Waals surface area contributed by atoms with Crippen LogP contribution in [0.5, 0.6) is 0 Å². The maximum atomic E-state index is 11.9. The molecule has 0 aromatic carbocycles. The minimum absolute atomic E-state index is 0.0374. The minimum Gasteiger partial charge on any atom is -0.468 e. The van der Waals surface area contributed by atoms with Crippen LogP contribution in [0, 0.1) is 11.3 Å². The van der Waals surface area contributed by atoms with E-state index in [9.17, 15) is 14.4 Å². The van der Waals surface area contributed by atoms with Crippen molar-refractivity contribution >= 4 is 17.9 Å². The van der Waals surface area contributed by atoms with Crippen molar-refractivity contribution in [1.29, 1.82) is 0 Å². The lowest BCUT2D eigenvalue weighted by Crippen LogP contribution is -2.60. The number of esters is 3. The molecule has 0 radical (unpaired) electrons. The largest absolute Gasteiger partial charge is 0.468 e. The Kier molecular flexibility index (Phi) is 1.87. The predicted octanol–water partition coefficient (Wildman–Crippen LogP) is -0.427. The lowest BCUT2D eigenvalue weighted by molar-refractivity contribution is -0.195. The third-order valence-electron chi connectivity index (χ3n) is 3.61. The normalized spacial score (nSPS) is 41.8. The molecule has 4 atom stereocenters. The van der Waals surface area contributed by atoms with Crippen LogP contribution in [0.25, 0.3) is 0 Å². The molecule has 3 heterocycles. The first-order valence-corrected chi connectivity index (χ1v) is 5.28. The molecule has 2 bridgehead atoms. The number of methoxy groups -OCH3 is 1. The third kappa shape index (κ3) is 1.07. The highest BCUT2D eigenvalue weighted by atomic mass is 16.6. The van der Waals surface area contributed by atoms with Crippen LogP contribution in [0.2, 0.25) is 0 Å². The van der Waals surface area contributed by atoms with Gasteiger partial charge < -0.3 is 14.2 Å². The summed E-state index contributed by atoms with van der Waals surface area (Å²) in [5.74, 6) is -2.29. The number of rotatable bonds is 1. The van der Waals surface area contributed by atoms with E-state index in [0.717, 1.165) is 0 Å². The Morgan fingerprint density at radius 3 is 2.88 bits per heavy atom. The summed E-state index contributed by atoms with van der Waals surface area (Å²) in [4.78, 5) is 35.1. The summed E-state index contributed by atoms with van der Waals surface area (Å²) < 4.78 is 14.8. The maximum absolute atomic E-state index is 11.9. The first-order chi connectivity index (χ1) is 8.09. The second-order valence-electron chi connectivity index (χ2n) is 4.35. The molecular weight excluding hydrogens is 228 g/mol. The van der Waals surface area contributed by atoms with E-state index < -0.39 is 41.4 Å². The van der Waals surface area contributed by atoms with Gasteiger partial charge in [-0.05, 0) is 6.08 Å². The fourth-order valence-corrected chi connectivity index (χ4v) is 2.79. The number of ether oxygens (including phenoxy) is 3. The van der Waals surface area contributed by atoms with Crippen LogP contribution in [0.15, 0.2) is 12.2 Å². The van der Waals surface area contributed by atoms with Gasteiger partial charge in [0.15, 0.2) is 11.5 Å². The second-order valence-corrected chi connectivity index (χ2v) is 4.35. The number of hydrogen-bond acceptors (Lipinski definition) is 6. The summed E-state index contributed by atoms with van der Waals surface area (Å²) in [6, 6.07) is 0. The average Bonchev–Trinajstić information content (AvgIpc) is 2.72. The molecule has 0 unspecified atom stereocenters. The van der Waals surface area contributed by atoms with E-state index in [4.69, 9.17) is 9.47 Å². The Morgan fingerprint density at radius 2 is 2.24 bits per heavy atom. The van der Waals surface area contributed by atoms with Gasteiger partial charge in [-0.3, -0.25) is 14.4 Å². The average molecular weight is 238 g/mol. The Labute approximate surface area is 96.5 Å². The zero-order chi connectivity index (χ0) is 12.2. The van der Waals surface area contributed by atoms with Crippen LogP contribution in [0.4, 0.5) is 0 Å². The van der Waals surface area contributed by atoms with Crippen molar-refractivity contribution in [2.75, 3.05) is 7.11 Å². The highest BCUT2D eigenvalue weighted by molar-refractivity contribution is 6.05. The molecule has 4 rings (SSSR count). The zero-order valence-corrected chi connectivity index (χ0v) is 9.04. The summed E-state index contributed by atoms with van der Waals surface area (Å²) in [7, 11) is 1.20. The van der Waals surface area contributed by atoms with Gasteiger partial charge in [-0.2, -0.15) is 0 Å². The molecule has 0 N–H and O–H groups in total. The van der Waals surface area contributed by atoms with Crippen molar-refractivity contribution in [3.8, 4) is 0 Å². The van der Waals surface area contributed by atoms with E-state index in [2.05, 4.69) is 4.74 Å². The molecule has 1 aliphatic carbocycles. The van der Waals surface area contributed by atoms with Gasteiger partial charge in [-0.1, -0.05) is 6.08 Å². The van der Waals surface area contributed by atoms with Gasteiger partial charge in [0, 0.05) is 5.92 Å². The van der Waals surface area contributed by atoms with E-state index in [1.54, 1.807) is 6.08 Å².